The Hall–Kier alpha value is -2.08. The molecule has 0 aliphatic carbocycles. The fourth-order valence-electron chi connectivity index (χ4n) is 2.29. The maximum Gasteiger partial charge on any atom is 0.334 e. The third kappa shape index (κ3) is 2.91. The van der Waals surface area contributed by atoms with Crippen LogP contribution in [-0.4, -0.2) is 56.7 Å². The minimum atomic E-state index is -0.525. The van der Waals surface area contributed by atoms with E-state index in [0.29, 0.717) is 24.4 Å². The molecule has 6 nitrogen and oxygen atoms in total. The summed E-state index contributed by atoms with van der Waals surface area (Å²) < 4.78 is 9.84. The van der Waals surface area contributed by atoms with Crippen LogP contribution in [0.5, 0.6) is 5.75 Å². The zero-order valence-electron chi connectivity index (χ0n) is 11.7. The Balaban J connectivity index is 2.18. The molecule has 1 aliphatic heterocycles. The van der Waals surface area contributed by atoms with Crippen LogP contribution in [0.25, 0.3) is 0 Å². The minimum absolute atomic E-state index is 0.156. The first-order valence-electron chi connectivity index (χ1n) is 6.52. The van der Waals surface area contributed by atoms with E-state index in [0.717, 1.165) is 6.54 Å². The first kappa shape index (κ1) is 14.3. The highest BCUT2D eigenvalue weighted by molar-refractivity contribution is 5.97. The van der Waals surface area contributed by atoms with Gasteiger partial charge in [0.1, 0.15) is 12.3 Å². The lowest BCUT2D eigenvalue weighted by Crippen LogP contribution is -2.92. The summed E-state index contributed by atoms with van der Waals surface area (Å²) in [5.41, 5.74) is 0.543. The number of amides is 1. The number of hydrogen-bond donors (Lipinski definition) is 1. The first-order valence-corrected chi connectivity index (χ1v) is 6.52. The van der Waals surface area contributed by atoms with Crippen LogP contribution >= 0.6 is 0 Å². The maximum atomic E-state index is 12.5. The van der Waals surface area contributed by atoms with E-state index < -0.39 is 6.04 Å². The van der Waals surface area contributed by atoms with Gasteiger partial charge in [0.05, 0.1) is 27.3 Å². The average Bonchev–Trinajstić information content (AvgIpc) is 2.53. The third-order valence-corrected chi connectivity index (χ3v) is 3.41. The topological polar surface area (TPSA) is 72.5 Å². The Morgan fingerprint density at radius 2 is 1.95 bits per heavy atom. The SMILES string of the molecule is COC(=O)[C@H]1C[NH2+]CCN1C(=O)c1ccc(OC)cc1. The largest absolute Gasteiger partial charge is 0.497 e. The first-order chi connectivity index (χ1) is 9.67. The monoisotopic (exact) mass is 279 g/mol. The summed E-state index contributed by atoms with van der Waals surface area (Å²) in [6.07, 6.45) is 0. The van der Waals surface area contributed by atoms with Gasteiger partial charge in [-0.2, -0.15) is 0 Å². The van der Waals surface area contributed by atoms with Crippen LogP contribution in [-0.2, 0) is 9.53 Å². The molecule has 1 atom stereocenters. The van der Waals surface area contributed by atoms with Crippen LogP contribution in [0.1, 0.15) is 10.4 Å². The highest BCUT2D eigenvalue weighted by Gasteiger charge is 2.35. The molecule has 0 radical (unpaired) electrons. The summed E-state index contributed by atoms with van der Waals surface area (Å²) in [5.74, 6) is 0.164. The van der Waals surface area contributed by atoms with Gasteiger partial charge in [-0.1, -0.05) is 0 Å². The van der Waals surface area contributed by atoms with E-state index in [2.05, 4.69) is 0 Å². The number of methoxy groups -OCH3 is 2. The van der Waals surface area contributed by atoms with Gasteiger partial charge in [0.15, 0.2) is 6.04 Å². The zero-order chi connectivity index (χ0) is 14.5. The summed E-state index contributed by atoms with van der Waals surface area (Å²) in [6.45, 7) is 1.86. The predicted octanol–water partition coefficient (Wildman–Crippen LogP) is -0.744. The molecule has 0 saturated carbocycles. The Kier molecular flexibility index (Phi) is 4.57. The van der Waals surface area contributed by atoms with Gasteiger partial charge < -0.3 is 19.7 Å². The smallest absolute Gasteiger partial charge is 0.334 e. The number of nitrogens with zero attached hydrogens (tertiary/aromatic N) is 1. The Morgan fingerprint density at radius 1 is 1.25 bits per heavy atom. The molecule has 2 rings (SSSR count). The second kappa shape index (κ2) is 6.38. The molecule has 20 heavy (non-hydrogen) atoms. The van der Waals surface area contributed by atoms with E-state index in [4.69, 9.17) is 9.47 Å². The second-order valence-electron chi connectivity index (χ2n) is 4.58. The van der Waals surface area contributed by atoms with E-state index in [1.54, 1.807) is 36.3 Å². The highest BCUT2D eigenvalue weighted by Crippen LogP contribution is 2.15. The maximum absolute atomic E-state index is 12.5. The van der Waals surface area contributed by atoms with E-state index in [1.807, 2.05) is 5.32 Å². The third-order valence-electron chi connectivity index (χ3n) is 3.41. The molecule has 0 unspecified atom stereocenters. The van der Waals surface area contributed by atoms with E-state index in [-0.39, 0.29) is 11.9 Å². The van der Waals surface area contributed by atoms with Crippen molar-refractivity contribution in [3.63, 3.8) is 0 Å². The van der Waals surface area contributed by atoms with Crippen molar-refractivity contribution in [1.29, 1.82) is 0 Å². The number of rotatable bonds is 3. The molecule has 1 fully saturated rings. The lowest BCUT2D eigenvalue weighted by molar-refractivity contribution is -0.665. The lowest BCUT2D eigenvalue weighted by atomic mass is 10.1. The highest BCUT2D eigenvalue weighted by atomic mass is 16.5. The van der Waals surface area contributed by atoms with Crippen molar-refractivity contribution < 1.29 is 24.4 Å². The number of ether oxygens (including phenoxy) is 2. The van der Waals surface area contributed by atoms with Crippen LogP contribution in [0.4, 0.5) is 0 Å². The zero-order valence-corrected chi connectivity index (χ0v) is 11.7. The van der Waals surface area contributed by atoms with Crippen molar-refractivity contribution in [3.8, 4) is 5.75 Å². The van der Waals surface area contributed by atoms with Gasteiger partial charge in [-0.3, -0.25) is 4.79 Å². The summed E-state index contributed by atoms with van der Waals surface area (Å²) in [7, 11) is 2.91. The number of nitrogens with two attached hydrogens (primary N) is 1. The molecular formula is C14H19N2O4+. The number of carbonyl (C=O) groups is 2. The molecule has 1 aliphatic rings. The van der Waals surface area contributed by atoms with Gasteiger partial charge in [-0.25, -0.2) is 4.79 Å². The predicted molar refractivity (Wildman–Crippen MR) is 71.5 cm³/mol. The van der Waals surface area contributed by atoms with Crippen molar-refractivity contribution in [2.24, 2.45) is 0 Å². The van der Waals surface area contributed by atoms with E-state index in [1.165, 1.54) is 7.11 Å². The fourth-order valence-corrected chi connectivity index (χ4v) is 2.29. The summed E-state index contributed by atoms with van der Waals surface area (Å²) in [4.78, 5) is 25.8. The fraction of sp³-hybridized carbons (Fsp3) is 0.429. The molecule has 0 aromatic heterocycles. The van der Waals surface area contributed by atoms with Gasteiger partial charge in [-0.15, -0.1) is 0 Å². The molecule has 1 aromatic carbocycles. The Bertz CT molecular complexity index is 486. The number of carbonyl (C=O) groups excluding carboxylic acids is 2. The summed E-state index contributed by atoms with van der Waals surface area (Å²) in [6, 6.07) is 6.34. The molecule has 1 amide bonds. The number of quaternary nitrogens is 1. The summed E-state index contributed by atoms with van der Waals surface area (Å²) in [5, 5.41) is 2.01. The van der Waals surface area contributed by atoms with Crippen molar-refractivity contribution >= 4 is 11.9 Å². The summed E-state index contributed by atoms with van der Waals surface area (Å²) >= 11 is 0. The van der Waals surface area contributed by atoms with Crippen molar-refractivity contribution in [2.45, 2.75) is 6.04 Å². The molecule has 6 heteroatoms. The van der Waals surface area contributed by atoms with Gasteiger partial charge in [0, 0.05) is 5.56 Å². The quantitative estimate of drug-likeness (QED) is 0.739. The van der Waals surface area contributed by atoms with Gasteiger partial charge in [-0.05, 0) is 24.3 Å². The van der Waals surface area contributed by atoms with Crippen molar-refractivity contribution in [3.05, 3.63) is 29.8 Å². The minimum Gasteiger partial charge on any atom is -0.497 e. The van der Waals surface area contributed by atoms with E-state index >= 15 is 0 Å². The molecule has 0 bridgehead atoms. The Labute approximate surface area is 117 Å². The second-order valence-corrected chi connectivity index (χ2v) is 4.58. The van der Waals surface area contributed by atoms with Crippen molar-refractivity contribution in [1.82, 2.24) is 4.90 Å². The number of hydrogen-bond acceptors (Lipinski definition) is 4. The van der Waals surface area contributed by atoms with E-state index in [9.17, 15) is 9.59 Å². The molecule has 1 heterocycles. The van der Waals surface area contributed by atoms with Gasteiger partial charge in [0.2, 0.25) is 0 Å². The van der Waals surface area contributed by atoms with Gasteiger partial charge in [0.25, 0.3) is 5.91 Å². The van der Waals surface area contributed by atoms with Crippen LogP contribution < -0.4 is 10.1 Å². The molecule has 0 spiro atoms. The van der Waals surface area contributed by atoms with Gasteiger partial charge >= 0.3 is 5.97 Å². The normalized spacial score (nSPS) is 18.5. The van der Waals surface area contributed by atoms with Crippen LogP contribution in [0.15, 0.2) is 24.3 Å². The van der Waals surface area contributed by atoms with Crippen LogP contribution in [0.2, 0.25) is 0 Å². The van der Waals surface area contributed by atoms with Crippen molar-refractivity contribution in [2.75, 3.05) is 33.9 Å². The number of piperazine rings is 1. The standard InChI is InChI=1S/C14H18N2O4/c1-19-11-5-3-10(4-6-11)13(17)16-8-7-15-9-12(16)14(18)20-2/h3-6,12,15H,7-9H2,1-2H3/p+1/t12-/m1/s1. The number of benzene rings is 1. The molecule has 108 valence electrons. The lowest BCUT2D eigenvalue weighted by Gasteiger charge is -2.32. The molecule has 1 saturated heterocycles. The molecular weight excluding hydrogens is 260 g/mol. The number of esters is 1. The van der Waals surface area contributed by atoms with Crippen LogP contribution in [0.3, 0.4) is 0 Å². The average molecular weight is 279 g/mol. The molecule has 1 aromatic rings. The van der Waals surface area contributed by atoms with Crippen LogP contribution in [0, 0.1) is 0 Å². The molecule has 2 N–H and O–H groups in total. The Morgan fingerprint density at radius 3 is 2.55 bits per heavy atom.